The SMILES string of the molecule is CC(C)(C)CCC(C)(NCc1cccs1)C(N)=O. The summed E-state index contributed by atoms with van der Waals surface area (Å²) in [7, 11) is 0. The number of nitrogens with two attached hydrogens (primary N) is 1. The lowest BCUT2D eigenvalue weighted by atomic mass is 9.83. The van der Waals surface area contributed by atoms with Gasteiger partial charge in [-0.15, -0.1) is 11.3 Å². The minimum atomic E-state index is -0.628. The van der Waals surface area contributed by atoms with E-state index in [1.165, 1.54) is 4.88 Å². The summed E-state index contributed by atoms with van der Waals surface area (Å²) in [5.41, 5.74) is 5.12. The molecular weight excluding hydrogens is 244 g/mol. The Hall–Kier alpha value is -0.870. The maximum absolute atomic E-state index is 11.7. The number of hydrogen-bond acceptors (Lipinski definition) is 3. The van der Waals surface area contributed by atoms with Gasteiger partial charge in [-0.05, 0) is 36.6 Å². The maximum atomic E-state index is 11.7. The molecule has 1 atom stereocenters. The summed E-state index contributed by atoms with van der Waals surface area (Å²) in [6.07, 6.45) is 1.72. The smallest absolute Gasteiger partial charge is 0.237 e. The van der Waals surface area contributed by atoms with E-state index < -0.39 is 5.54 Å². The highest BCUT2D eigenvalue weighted by atomic mass is 32.1. The second-order valence-electron chi connectivity index (χ2n) is 6.19. The van der Waals surface area contributed by atoms with Crippen molar-refractivity contribution in [3.63, 3.8) is 0 Å². The van der Waals surface area contributed by atoms with Crippen LogP contribution in [0.25, 0.3) is 0 Å². The zero-order chi connectivity index (χ0) is 13.8. The van der Waals surface area contributed by atoms with Gasteiger partial charge in [0.15, 0.2) is 0 Å². The topological polar surface area (TPSA) is 55.1 Å². The molecule has 1 aromatic heterocycles. The molecule has 3 nitrogen and oxygen atoms in total. The first-order valence-corrected chi connectivity index (χ1v) is 7.18. The number of primary amides is 1. The molecule has 1 unspecified atom stereocenters. The first-order chi connectivity index (χ1) is 8.23. The predicted molar refractivity (Wildman–Crippen MR) is 77.4 cm³/mol. The number of amides is 1. The Balaban J connectivity index is 2.60. The van der Waals surface area contributed by atoms with E-state index in [9.17, 15) is 4.79 Å². The Bertz CT molecular complexity index is 381. The van der Waals surface area contributed by atoms with E-state index in [1.807, 2.05) is 18.4 Å². The molecule has 0 aliphatic rings. The van der Waals surface area contributed by atoms with Gasteiger partial charge < -0.3 is 5.73 Å². The summed E-state index contributed by atoms with van der Waals surface area (Å²) in [6.45, 7) is 9.12. The average molecular weight is 268 g/mol. The maximum Gasteiger partial charge on any atom is 0.237 e. The molecule has 0 bridgehead atoms. The zero-order valence-electron chi connectivity index (χ0n) is 11.7. The van der Waals surface area contributed by atoms with E-state index in [1.54, 1.807) is 11.3 Å². The van der Waals surface area contributed by atoms with Crippen molar-refractivity contribution in [3.05, 3.63) is 22.4 Å². The molecule has 0 saturated heterocycles. The lowest BCUT2D eigenvalue weighted by molar-refractivity contribution is -0.124. The highest BCUT2D eigenvalue weighted by Gasteiger charge is 2.31. The van der Waals surface area contributed by atoms with Gasteiger partial charge in [-0.3, -0.25) is 10.1 Å². The molecule has 102 valence electrons. The fourth-order valence-corrected chi connectivity index (χ4v) is 2.26. The van der Waals surface area contributed by atoms with Gasteiger partial charge in [0.2, 0.25) is 5.91 Å². The van der Waals surface area contributed by atoms with Gasteiger partial charge in [0.25, 0.3) is 0 Å². The molecule has 0 radical (unpaired) electrons. The number of nitrogens with one attached hydrogen (secondary N) is 1. The van der Waals surface area contributed by atoms with Crippen LogP contribution < -0.4 is 11.1 Å². The van der Waals surface area contributed by atoms with Crippen molar-refractivity contribution in [1.82, 2.24) is 5.32 Å². The Labute approximate surface area is 114 Å². The molecule has 0 aliphatic carbocycles. The number of rotatable bonds is 6. The van der Waals surface area contributed by atoms with Crippen molar-refractivity contribution in [2.75, 3.05) is 0 Å². The third kappa shape index (κ3) is 4.78. The van der Waals surface area contributed by atoms with E-state index in [0.717, 1.165) is 12.8 Å². The summed E-state index contributed by atoms with van der Waals surface area (Å²) in [5, 5.41) is 5.34. The second-order valence-corrected chi connectivity index (χ2v) is 7.22. The largest absolute Gasteiger partial charge is 0.368 e. The number of thiophene rings is 1. The minimum absolute atomic E-state index is 0.210. The summed E-state index contributed by atoms with van der Waals surface area (Å²) in [5.74, 6) is -0.275. The van der Waals surface area contributed by atoms with E-state index in [2.05, 4.69) is 32.2 Å². The van der Waals surface area contributed by atoms with Gasteiger partial charge in [0, 0.05) is 11.4 Å². The normalized spacial score (nSPS) is 15.3. The molecule has 18 heavy (non-hydrogen) atoms. The third-order valence-corrected chi connectivity index (χ3v) is 4.03. The fourth-order valence-electron chi connectivity index (χ4n) is 1.62. The number of carbonyl (C=O) groups excluding carboxylic acids is 1. The van der Waals surface area contributed by atoms with E-state index >= 15 is 0 Å². The zero-order valence-corrected chi connectivity index (χ0v) is 12.6. The van der Waals surface area contributed by atoms with Crippen LogP contribution in [0, 0.1) is 5.41 Å². The molecular formula is C14H24N2OS. The van der Waals surface area contributed by atoms with Gasteiger partial charge in [-0.25, -0.2) is 0 Å². The number of carbonyl (C=O) groups is 1. The molecule has 1 amide bonds. The standard InChI is InChI=1S/C14H24N2OS/c1-13(2,3)7-8-14(4,12(15)17)16-10-11-6-5-9-18-11/h5-6,9,16H,7-8,10H2,1-4H3,(H2,15,17). The molecule has 0 aliphatic heterocycles. The first-order valence-electron chi connectivity index (χ1n) is 6.30. The lowest BCUT2D eigenvalue weighted by Crippen LogP contribution is -2.53. The van der Waals surface area contributed by atoms with Crippen LogP contribution in [0.3, 0.4) is 0 Å². The van der Waals surface area contributed by atoms with Crippen molar-refractivity contribution < 1.29 is 4.79 Å². The molecule has 1 aromatic rings. The molecule has 1 rings (SSSR count). The van der Waals surface area contributed by atoms with Crippen molar-refractivity contribution in [3.8, 4) is 0 Å². The quantitative estimate of drug-likeness (QED) is 0.833. The summed E-state index contributed by atoms with van der Waals surface area (Å²) >= 11 is 1.68. The van der Waals surface area contributed by atoms with Gasteiger partial charge in [0.05, 0.1) is 5.54 Å². The van der Waals surface area contributed by atoms with Crippen LogP contribution in [-0.2, 0) is 11.3 Å². The van der Waals surface area contributed by atoms with Crippen molar-refractivity contribution in [1.29, 1.82) is 0 Å². The van der Waals surface area contributed by atoms with Crippen LogP contribution in [0.4, 0.5) is 0 Å². The van der Waals surface area contributed by atoms with Crippen molar-refractivity contribution in [2.24, 2.45) is 11.1 Å². The highest BCUT2D eigenvalue weighted by molar-refractivity contribution is 7.09. The Morgan fingerprint density at radius 2 is 2.00 bits per heavy atom. The van der Waals surface area contributed by atoms with Gasteiger partial charge in [0.1, 0.15) is 0 Å². The molecule has 4 heteroatoms. The Morgan fingerprint density at radius 1 is 1.33 bits per heavy atom. The Kier molecular flexibility index (Phi) is 4.93. The summed E-state index contributed by atoms with van der Waals surface area (Å²) in [6, 6.07) is 4.07. The summed E-state index contributed by atoms with van der Waals surface area (Å²) in [4.78, 5) is 12.9. The van der Waals surface area contributed by atoms with E-state index in [0.29, 0.717) is 6.54 Å². The van der Waals surface area contributed by atoms with Crippen molar-refractivity contribution >= 4 is 17.2 Å². The van der Waals surface area contributed by atoms with Crippen LogP contribution in [-0.4, -0.2) is 11.4 Å². The average Bonchev–Trinajstić information content (AvgIpc) is 2.75. The molecule has 0 fully saturated rings. The molecule has 3 N–H and O–H groups in total. The molecule has 0 saturated carbocycles. The predicted octanol–water partition coefficient (Wildman–Crippen LogP) is 2.91. The lowest BCUT2D eigenvalue weighted by Gasteiger charge is -2.30. The Morgan fingerprint density at radius 3 is 2.44 bits per heavy atom. The van der Waals surface area contributed by atoms with Crippen LogP contribution in [0.5, 0.6) is 0 Å². The minimum Gasteiger partial charge on any atom is -0.368 e. The van der Waals surface area contributed by atoms with Crippen LogP contribution in [0.2, 0.25) is 0 Å². The fraction of sp³-hybridized carbons (Fsp3) is 0.643. The number of hydrogen-bond donors (Lipinski definition) is 2. The molecule has 1 heterocycles. The highest BCUT2D eigenvalue weighted by Crippen LogP contribution is 2.26. The van der Waals surface area contributed by atoms with Crippen LogP contribution >= 0.6 is 11.3 Å². The molecule has 0 aromatic carbocycles. The monoisotopic (exact) mass is 268 g/mol. The van der Waals surface area contributed by atoms with Gasteiger partial charge in [-0.1, -0.05) is 26.8 Å². The summed E-state index contributed by atoms with van der Waals surface area (Å²) < 4.78 is 0. The van der Waals surface area contributed by atoms with E-state index in [4.69, 9.17) is 5.73 Å². The molecule has 0 spiro atoms. The van der Waals surface area contributed by atoms with Crippen LogP contribution in [0.1, 0.15) is 45.4 Å². The van der Waals surface area contributed by atoms with Crippen LogP contribution in [0.15, 0.2) is 17.5 Å². The first kappa shape index (κ1) is 15.2. The second kappa shape index (κ2) is 5.85. The van der Waals surface area contributed by atoms with Gasteiger partial charge in [-0.2, -0.15) is 0 Å². The third-order valence-electron chi connectivity index (χ3n) is 3.15. The van der Waals surface area contributed by atoms with E-state index in [-0.39, 0.29) is 11.3 Å². The van der Waals surface area contributed by atoms with Gasteiger partial charge >= 0.3 is 0 Å². The van der Waals surface area contributed by atoms with Crippen molar-refractivity contribution in [2.45, 2.75) is 52.6 Å².